The Hall–Kier alpha value is -1.54. The van der Waals surface area contributed by atoms with Gasteiger partial charge in [-0.3, -0.25) is 0 Å². The molecule has 3 aromatic rings. The van der Waals surface area contributed by atoms with E-state index in [1.54, 1.807) is 11.5 Å². The maximum absolute atomic E-state index is 4.45. The Morgan fingerprint density at radius 1 is 0.786 bits per heavy atom. The highest BCUT2D eigenvalue weighted by atomic mass is 32.1. The average Bonchev–Trinajstić information content (AvgIpc) is 2.29. The lowest BCUT2D eigenvalue weighted by molar-refractivity contribution is 1.64. The van der Waals surface area contributed by atoms with Gasteiger partial charge >= 0.3 is 11.5 Å². The van der Waals surface area contributed by atoms with E-state index in [4.69, 9.17) is 0 Å². The van der Waals surface area contributed by atoms with Gasteiger partial charge in [0.1, 0.15) is 5.52 Å². The molecule has 2 aromatic carbocycles. The predicted molar refractivity (Wildman–Crippen MR) is 61.5 cm³/mol. The molecule has 0 radical (unpaired) electrons. The summed E-state index contributed by atoms with van der Waals surface area (Å²) in [5, 5.41) is 2.53. The van der Waals surface area contributed by atoms with Gasteiger partial charge in [0.2, 0.25) is 0 Å². The summed E-state index contributed by atoms with van der Waals surface area (Å²) in [4.78, 5) is 0. The van der Waals surface area contributed by atoms with E-state index < -0.39 is 0 Å². The maximum atomic E-state index is 4.45. The van der Waals surface area contributed by atoms with Crippen LogP contribution in [0.25, 0.3) is 21.0 Å². The quantitative estimate of drug-likeness (QED) is 0.396. The van der Waals surface area contributed by atoms with E-state index in [0.29, 0.717) is 0 Å². The maximum Gasteiger partial charge on any atom is 0.363 e. The molecular formula is C12H8NS+. The van der Waals surface area contributed by atoms with Crippen molar-refractivity contribution in [2.24, 2.45) is 0 Å². The predicted octanol–water partition coefficient (Wildman–Crippen LogP) is 3.73. The van der Waals surface area contributed by atoms with E-state index in [-0.39, 0.29) is 0 Å². The molecule has 1 nitrogen and oxygen atoms in total. The van der Waals surface area contributed by atoms with Gasteiger partial charge in [-0.15, -0.1) is 0 Å². The van der Waals surface area contributed by atoms with Gasteiger partial charge < -0.3 is 0 Å². The van der Waals surface area contributed by atoms with Crippen molar-refractivity contribution >= 4 is 32.5 Å². The van der Waals surface area contributed by atoms with Crippen LogP contribution in [0.5, 0.6) is 0 Å². The minimum Gasteiger partial charge on any atom is -0.0615 e. The van der Waals surface area contributed by atoms with Gasteiger partial charge in [0, 0.05) is 15.8 Å². The van der Waals surface area contributed by atoms with Gasteiger partial charge in [0.25, 0.3) is 4.70 Å². The van der Waals surface area contributed by atoms with Gasteiger partial charge in [-0.25, -0.2) is 0 Å². The molecule has 0 N–H and O–H groups in total. The Labute approximate surface area is 85.8 Å². The third-order valence-electron chi connectivity index (χ3n) is 2.32. The van der Waals surface area contributed by atoms with Crippen LogP contribution in [-0.2, 0) is 0 Å². The Balaban J connectivity index is 2.61. The van der Waals surface area contributed by atoms with E-state index >= 15 is 0 Å². The van der Waals surface area contributed by atoms with Gasteiger partial charge in [0.15, 0.2) is 0 Å². The van der Waals surface area contributed by atoms with Gasteiger partial charge in [0.05, 0.1) is 5.39 Å². The molecule has 0 fully saturated rings. The summed E-state index contributed by atoms with van der Waals surface area (Å²) >= 11 is 1.56. The molecule has 0 aliphatic heterocycles. The number of hydrogen-bond donors (Lipinski definition) is 0. The second-order valence-corrected chi connectivity index (χ2v) is 4.00. The number of benzene rings is 2. The summed E-state index contributed by atoms with van der Waals surface area (Å²) in [6.45, 7) is 0. The Bertz CT molecular complexity index is 549. The first-order valence-electron chi connectivity index (χ1n) is 4.52. The zero-order valence-corrected chi connectivity index (χ0v) is 8.29. The summed E-state index contributed by atoms with van der Waals surface area (Å²) in [6.07, 6.45) is 0. The lowest BCUT2D eigenvalue weighted by atomic mass is 10.1. The normalized spacial score (nSPS) is 10.9. The monoisotopic (exact) mass is 198 g/mol. The van der Waals surface area contributed by atoms with E-state index in [9.17, 15) is 0 Å². The summed E-state index contributed by atoms with van der Waals surface area (Å²) in [6, 6.07) is 16.6. The fourth-order valence-corrected chi connectivity index (χ4v) is 2.42. The molecule has 66 valence electrons. The second kappa shape index (κ2) is 3.00. The highest BCUT2D eigenvalue weighted by Crippen LogP contribution is 2.25. The molecule has 0 spiro atoms. The smallest absolute Gasteiger partial charge is 0.0615 e. The molecule has 0 aliphatic rings. The molecule has 0 saturated heterocycles. The van der Waals surface area contributed by atoms with Crippen LogP contribution in [0.3, 0.4) is 0 Å². The standard InChI is InChI=1S/C12H8NS/c1-3-7-11-9(5-1)10-6-2-4-8-12(10)14-13-11/h1-8H/q+1. The summed E-state index contributed by atoms with van der Waals surface area (Å²) < 4.78 is 5.69. The molecule has 1 heterocycles. The van der Waals surface area contributed by atoms with Crippen LogP contribution < -0.4 is 0 Å². The molecule has 0 saturated carbocycles. The molecule has 2 heteroatoms. The third-order valence-corrected chi connectivity index (χ3v) is 3.16. The van der Waals surface area contributed by atoms with Crippen molar-refractivity contribution in [2.75, 3.05) is 0 Å². The number of aromatic nitrogens is 1. The van der Waals surface area contributed by atoms with Gasteiger partial charge in [-0.2, -0.15) is 0 Å². The van der Waals surface area contributed by atoms with Crippen molar-refractivity contribution in [3.05, 3.63) is 48.5 Å². The van der Waals surface area contributed by atoms with E-state index in [0.717, 1.165) is 5.52 Å². The van der Waals surface area contributed by atoms with Gasteiger partial charge in [-0.1, -0.05) is 30.3 Å². The van der Waals surface area contributed by atoms with Crippen molar-refractivity contribution in [1.29, 1.82) is 0 Å². The fraction of sp³-hybridized carbons (Fsp3) is 0. The van der Waals surface area contributed by atoms with Crippen LogP contribution in [0, 0.1) is 0 Å². The topological polar surface area (TPSA) is 12.9 Å². The molecule has 3 rings (SSSR count). The van der Waals surface area contributed by atoms with Crippen molar-refractivity contribution in [1.82, 2.24) is 4.37 Å². The zero-order chi connectivity index (χ0) is 9.38. The molecule has 0 atom stereocenters. The largest absolute Gasteiger partial charge is 0.363 e. The second-order valence-electron chi connectivity index (χ2n) is 3.20. The third kappa shape index (κ3) is 1.08. The lowest BCUT2D eigenvalue weighted by Gasteiger charge is -1.93. The van der Waals surface area contributed by atoms with Gasteiger partial charge in [-0.05, 0) is 12.1 Å². The molecular weight excluding hydrogens is 190 g/mol. The summed E-state index contributed by atoms with van der Waals surface area (Å²) in [7, 11) is 0. The minimum atomic E-state index is 1.08. The highest BCUT2D eigenvalue weighted by Gasteiger charge is 2.09. The van der Waals surface area contributed by atoms with Crippen LogP contribution >= 0.6 is 11.5 Å². The Morgan fingerprint density at radius 2 is 1.50 bits per heavy atom. The molecule has 14 heavy (non-hydrogen) atoms. The summed E-state index contributed by atoms with van der Waals surface area (Å²) in [5.74, 6) is 0. The number of rotatable bonds is 0. The van der Waals surface area contributed by atoms with Crippen LogP contribution in [-0.4, -0.2) is 4.37 Å². The lowest BCUT2D eigenvalue weighted by Crippen LogP contribution is -1.77. The number of hydrogen-bond acceptors (Lipinski definition) is 1. The fourth-order valence-electron chi connectivity index (χ4n) is 1.65. The van der Waals surface area contributed by atoms with Crippen molar-refractivity contribution in [2.45, 2.75) is 0 Å². The van der Waals surface area contributed by atoms with E-state index in [2.05, 4.69) is 46.8 Å². The highest BCUT2D eigenvalue weighted by molar-refractivity contribution is 7.13. The Kier molecular flexibility index (Phi) is 1.67. The molecule has 0 amide bonds. The van der Waals surface area contributed by atoms with Crippen LogP contribution in [0.15, 0.2) is 48.5 Å². The SMILES string of the molecule is c1ccc2c(c1)n[s+]c1ccccc12. The van der Waals surface area contributed by atoms with E-state index in [1.807, 2.05) is 6.07 Å². The van der Waals surface area contributed by atoms with Crippen molar-refractivity contribution in [3.63, 3.8) is 0 Å². The number of nitrogens with zero attached hydrogens (tertiary/aromatic N) is 1. The van der Waals surface area contributed by atoms with Crippen molar-refractivity contribution < 1.29 is 0 Å². The van der Waals surface area contributed by atoms with Crippen molar-refractivity contribution in [3.8, 4) is 0 Å². The molecule has 1 aromatic heterocycles. The molecule has 0 bridgehead atoms. The summed E-state index contributed by atoms with van der Waals surface area (Å²) in [5.41, 5.74) is 1.08. The number of fused-ring (bicyclic) bond motifs is 3. The molecule has 0 aliphatic carbocycles. The van der Waals surface area contributed by atoms with Crippen LogP contribution in [0.2, 0.25) is 0 Å². The Morgan fingerprint density at radius 3 is 2.43 bits per heavy atom. The first-order chi connectivity index (χ1) is 6.95. The average molecular weight is 198 g/mol. The minimum absolute atomic E-state index is 1.08. The first-order valence-corrected chi connectivity index (χ1v) is 5.29. The zero-order valence-electron chi connectivity index (χ0n) is 7.47. The van der Waals surface area contributed by atoms with Crippen LogP contribution in [0.1, 0.15) is 0 Å². The first kappa shape index (κ1) is 7.83. The van der Waals surface area contributed by atoms with E-state index in [1.165, 1.54) is 15.5 Å². The van der Waals surface area contributed by atoms with Crippen LogP contribution in [0.4, 0.5) is 0 Å². The molecule has 0 unspecified atom stereocenters.